The minimum absolute atomic E-state index is 0.00663. The zero-order valence-corrected chi connectivity index (χ0v) is 40.3. The van der Waals surface area contributed by atoms with Crippen LogP contribution in [-0.2, 0) is 9.59 Å². The van der Waals surface area contributed by atoms with Crippen molar-refractivity contribution in [2.45, 2.75) is 188 Å². The summed E-state index contributed by atoms with van der Waals surface area (Å²) in [5.41, 5.74) is 12.5. The molecule has 0 radical (unpaired) electrons. The lowest BCUT2D eigenvalue weighted by molar-refractivity contribution is -0.884. The molecule has 0 saturated carbocycles. The number of hydrogen-bond donors (Lipinski definition) is 3. The number of para-hydroxylation sites is 1. The normalized spacial score (nSPS) is 11.4. The number of aryl methyl sites for hydroxylation is 1. The number of aliphatic carboxylic acids is 1. The number of carbonyl (C=O) groups is 4. The summed E-state index contributed by atoms with van der Waals surface area (Å²) in [6.07, 6.45) is 31.1. The minimum atomic E-state index is -1.03. The van der Waals surface area contributed by atoms with Crippen molar-refractivity contribution >= 4 is 23.7 Å². The highest BCUT2D eigenvalue weighted by Crippen LogP contribution is 2.23. The van der Waals surface area contributed by atoms with E-state index in [0.29, 0.717) is 53.4 Å². The number of unbranched alkanes of at least 4 members (excludes halogenated alkanes) is 18. The largest absolute Gasteiger partial charge is 0.544 e. The second-order valence-electron chi connectivity index (χ2n) is 17.8. The van der Waals surface area contributed by atoms with Gasteiger partial charge in [0.1, 0.15) is 12.3 Å². The van der Waals surface area contributed by atoms with E-state index in [1.54, 1.807) is 18.2 Å². The number of hydrogen-bond acceptors (Lipinski definition) is 6. The van der Waals surface area contributed by atoms with E-state index < -0.39 is 11.9 Å². The SMILES string of the molecule is CCCCCCCCC(CCCCCC)COc1ccccc1C(N)=O.CCCCCCCCCCCCCC(=O)NCCC[N+](C)(C)CC(=O)[O-].Cc1ccccc1C(N)=O. The number of primary amides is 2. The number of quaternary nitrogens is 1. The Balaban J connectivity index is 0.000000981. The molecule has 1 unspecified atom stereocenters. The molecule has 0 aliphatic rings. The second kappa shape index (κ2) is 38.7. The lowest BCUT2D eigenvalue weighted by Crippen LogP contribution is -2.49. The fourth-order valence-corrected chi connectivity index (χ4v) is 7.44. The first-order valence-electron chi connectivity index (χ1n) is 24.4. The van der Waals surface area contributed by atoms with Gasteiger partial charge in [0.25, 0.3) is 5.91 Å². The Labute approximate surface area is 378 Å². The standard InChI is InChI=1S/C23H39NO2.C21H42N2O3.C8H9NO/c1-3-5-7-9-10-12-16-20(15-11-8-6-4-2)19-26-22-18-14-13-17-21(22)23(24)25;1-4-5-6-7-8-9-10-11-12-13-14-16-20(24)22-17-15-18-23(2,3)19-21(25)26;1-6-4-2-3-5-7(6)8(9)10/h13-14,17-18,20H,3-12,15-16,19H2,1-2H3,(H2,24,25);4-19H2,1-3H3,(H-,22,24,25,26);2-5H,1H3,(H2,9,10). The number of ether oxygens (including phenoxy) is 1. The Kier molecular flexibility index (Phi) is 36.3. The summed E-state index contributed by atoms with van der Waals surface area (Å²) in [6.45, 7) is 10.6. The molecule has 2 aromatic rings. The highest BCUT2D eigenvalue weighted by atomic mass is 16.5. The average molecular weight is 867 g/mol. The molecular formula is C52H90N4O6. The monoisotopic (exact) mass is 867 g/mol. The van der Waals surface area contributed by atoms with Crippen molar-refractivity contribution < 1.29 is 33.5 Å². The molecule has 0 spiro atoms. The maximum absolute atomic E-state index is 11.8. The first-order valence-corrected chi connectivity index (χ1v) is 24.4. The molecule has 0 bridgehead atoms. The average Bonchev–Trinajstić information content (AvgIpc) is 3.23. The maximum atomic E-state index is 11.8. The molecule has 2 aromatic carbocycles. The predicted octanol–water partition coefficient (Wildman–Crippen LogP) is 10.6. The van der Waals surface area contributed by atoms with Gasteiger partial charge in [-0.05, 0) is 55.9 Å². The molecule has 0 aliphatic carbocycles. The van der Waals surface area contributed by atoms with Crippen LogP contribution >= 0.6 is 0 Å². The maximum Gasteiger partial charge on any atom is 0.252 e. The van der Waals surface area contributed by atoms with Crippen LogP contribution in [0.25, 0.3) is 0 Å². The predicted molar refractivity (Wildman–Crippen MR) is 256 cm³/mol. The number of carboxylic acids is 1. The summed E-state index contributed by atoms with van der Waals surface area (Å²) >= 11 is 0. The Morgan fingerprint density at radius 2 is 1.05 bits per heavy atom. The van der Waals surface area contributed by atoms with Crippen LogP contribution in [0, 0.1) is 12.8 Å². The van der Waals surface area contributed by atoms with E-state index in [-0.39, 0.29) is 18.4 Å². The lowest BCUT2D eigenvalue weighted by Gasteiger charge is -2.30. The van der Waals surface area contributed by atoms with E-state index in [4.69, 9.17) is 16.2 Å². The van der Waals surface area contributed by atoms with Crippen LogP contribution < -0.4 is 26.6 Å². The zero-order chi connectivity index (χ0) is 46.3. The van der Waals surface area contributed by atoms with Crippen molar-refractivity contribution in [1.82, 2.24) is 5.32 Å². The third-order valence-corrected chi connectivity index (χ3v) is 11.3. The van der Waals surface area contributed by atoms with E-state index >= 15 is 0 Å². The highest BCUT2D eigenvalue weighted by molar-refractivity contribution is 5.95. The fraction of sp³-hybridized carbons (Fsp3) is 0.692. The quantitative estimate of drug-likeness (QED) is 0.0461. The van der Waals surface area contributed by atoms with Gasteiger partial charge in [-0.3, -0.25) is 14.4 Å². The van der Waals surface area contributed by atoms with Crippen LogP contribution in [-0.4, -0.2) is 68.5 Å². The third-order valence-electron chi connectivity index (χ3n) is 11.3. The van der Waals surface area contributed by atoms with Crippen LogP contribution in [0.3, 0.4) is 0 Å². The Morgan fingerprint density at radius 1 is 0.613 bits per heavy atom. The van der Waals surface area contributed by atoms with Crippen LogP contribution in [0.1, 0.15) is 208 Å². The number of nitrogens with zero attached hydrogens (tertiary/aromatic N) is 1. The molecule has 0 fully saturated rings. The molecule has 62 heavy (non-hydrogen) atoms. The number of rotatable bonds is 35. The van der Waals surface area contributed by atoms with Gasteiger partial charge in [-0.15, -0.1) is 0 Å². The number of amides is 3. The van der Waals surface area contributed by atoms with E-state index in [9.17, 15) is 24.3 Å². The fourth-order valence-electron chi connectivity index (χ4n) is 7.44. The molecule has 10 heteroatoms. The van der Waals surface area contributed by atoms with Crippen molar-refractivity contribution in [3.63, 3.8) is 0 Å². The van der Waals surface area contributed by atoms with E-state index in [1.165, 1.54) is 135 Å². The van der Waals surface area contributed by atoms with Gasteiger partial charge in [-0.2, -0.15) is 0 Å². The summed E-state index contributed by atoms with van der Waals surface area (Å²) in [4.78, 5) is 44.6. The van der Waals surface area contributed by atoms with Crippen molar-refractivity contribution in [3.05, 3.63) is 65.2 Å². The van der Waals surface area contributed by atoms with E-state index in [2.05, 4.69) is 26.1 Å². The highest BCUT2D eigenvalue weighted by Gasteiger charge is 2.15. The molecule has 10 nitrogen and oxygen atoms in total. The van der Waals surface area contributed by atoms with Gasteiger partial charge in [0.2, 0.25) is 11.8 Å². The van der Waals surface area contributed by atoms with Crippen molar-refractivity contribution in [3.8, 4) is 5.75 Å². The van der Waals surface area contributed by atoms with Crippen molar-refractivity contribution in [2.75, 3.05) is 40.3 Å². The molecule has 1 atom stereocenters. The summed E-state index contributed by atoms with van der Waals surface area (Å²) in [6, 6.07) is 14.6. The number of carboxylic acid groups (broad SMARTS) is 1. The minimum Gasteiger partial charge on any atom is -0.544 e. The van der Waals surface area contributed by atoms with Crippen molar-refractivity contribution in [2.24, 2.45) is 17.4 Å². The Hall–Kier alpha value is -3.92. The Bertz CT molecular complexity index is 1450. The molecule has 0 saturated heterocycles. The van der Waals surface area contributed by atoms with Crippen LogP contribution in [0.5, 0.6) is 5.75 Å². The number of nitrogens with two attached hydrogens (primary N) is 2. The Morgan fingerprint density at radius 3 is 1.52 bits per heavy atom. The molecule has 0 aromatic heterocycles. The first kappa shape index (κ1) is 58.1. The topological polar surface area (TPSA) is 165 Å². The van der Waals surface area contributed by atoms with Gasteiger partial charge < -0.3 is 35.9 Å². The third kappa shape index (κ3) is 33.7. The summed E-state index contributed by atoms with van der Waals surface area (Å²) in [5.74, 6) is -0.503. The smallest absolute Gasteiger partial charge is 0.252 e. The first-order chi connectivity index (χ1) is 29.8. The van der Waals surface area contributed by atoms with E-state index in [0.717, 1.165) is 24.8 Å². The van der Waals surface area contributed by atoms with Crippen molar-refractivity contribution in [1.29, 1.82) is 0 Å². The molecule has 5 N–H and O–H groups in total. The molecule has 0 aliphatic heterocycles. The molecule has 0 heterocycles. The molecular weight excluding hydrogens is 777 g/mol. The lowest BCUT2D eigenvalue weighted by atomic mass is 9.95. The molecule has 3 amide bonds. The summed E-state index contributed by atoms with van der Waals surface area (Å²) in [7, 11) is 3.73. The van der Waals surface area contributed by atoms with Gasteiger partial charge in [0.15, 0.2) is 0 Å². The number of carbonyl (C=O) groups excluding carboxylic acids is 4. The van der Waals surface area contributed by atoms with Crippen LogP contribution in [0.4, 0.5) is 0 Å². The molecule has 354 valence electrons. The summed E-state index contributed by atoms with van der Waals surface area (Å²) in [5, 5.41) is 13.6. The van der Waals surface area contributed by atoms with Crippen LogP contribution in [0.2, 0.25) is 0 Å². The summed E-state index contributed by atoms with van der Waals surface area (Å²) < 4.78 is 6.40. The van der Waals surface area contributed by atoms with Crippen LogP contribution in [0.15, 0.2) is 48.5 Å². The van der Waals surface area contributed by atoms with E-state index in [1.807, 2.05) is 51.4 Å². The van der Waals surface area contributed by atoms with Gasteiger partial charge in [0, 0.05) is 24.9 Å². The number of likely N-dealkylation sites (N-methyl/N-ethyl adjacent to an activating group) is 1. The second-order valence-corrected chi connectivity index (χ2v) is 17.8. The van der Waals surface area contributed by atoms with Gasteiger partial charge in [-0.25, -0.2) is 0 Å². The number of benzene rings is 2. The number of nitrogens with one attached hydrogen (secondary N) is 1. The van der Waals surface area contributed by atoms with Gasteiger partial charge >= 0.3 is 0 Å². The zero-order valence-electron chi connectivity index (χ0n) is 40.3. The molecule has 2 rings (SSSR count). The van der Waals surface area contributed by atoms with Gasteiger partial charge in [0.05, 0.1) is 38.8 Å². The van der Waals surface area contributed by atoms with Gasteiger partial charge in [-0.1, -0.05) is 180 Å².